The number of hydrogen-bond donors (Lipinski definition) is 0. The Bertz CT molecular complexity index is 554. The van der Waals surface area contributed by atoms with Crippen LogP contribution in [-0.2, 0) is 5.88 Å². The van der Waals surface area contributed by atoms with Gasteiger partial charge in [-0.15, -0.1) is 11.6 Å². The summed E-state index contributed by atoms with van der Waals surface area (Å²) < 4.78 is 0. The predicted molar refractivity (Wildman–Crippen MR) is 83.1 cm³/mol. The third-order valence-corrected chi connectivity index (χ3v) is 3.45. The molecule has 4 heteroatoms. The van der Waals surface area contributed by atoms with E-state index in [-0.39, 0.29) is 0 Å². The molecule has 0 bridgehead atoms. The predicted octanol–water partition coefficient (Wildman–Crippen LogP) is 2.97. The van der Waals surface area contributed by atoms with Crippen molar-refractivity contribution in [3.63, 3.8) is 0 Å². The fourth-order valence-corrected chi connectivity index (χ4v) is 2.20. The number of halogens is 1. The van der Waals surface area contributed by atoms with Crippen molar-refractivity contribution in [1.82, 2.24) is 9.88 Å². The Morgan fingerprint density at radius 2 is 1.84 bits per heavy atom. The van der Waals surface area contributed by atoms with E-state index in [1.54, 1.807) is 0 Å². The molecule has 102 valence electrons. The van der Waals surface area contributed by atoms with Crippen molar-refractivity contribution in [2.24, 2.45) is 0 Å². The quantitative estimate of drug-likeness (QED) is 0.784. The molecular weight excluding hydrogens is 258 g/mol. The summed E-state index contributed by atoms with van der Waals surface area (Å²) in [6, 6.07) is 10.3. The highest BCUT2D eigenvalue weighted by Gasteiger charge is 2.09. The first-order valence-electron chi connectivity index (χ1n) is 6.42. The molecule has 0 aliphatic heterocycles. The summed E-state index contributed by atoms with van der Waals surface area (Å²) >= 11 is 5.94. The Hall–Kier alpha value is -1.32. The molecule has 0 fully saturated rings. The van der Waals surface area contributed by atoms with Gasteiger partial charge in [0.1, 0.15) is 0 Å². The number of alkyl halides is 1. The highest BCUT2D eigenvalue weighted by Crippen LogP contribution is 2.26. The number of fused-ring (bicyclic) bond motifs is 1. The van der Waals surface area contributed by atoms with E-state index in [1.165, 1.54) is 11.1 Å². The number of pyridine rings is 1. The first-order chi connectivity index (χ1) is 9.11. The number of benzene rings is 1. The van der Waals surface area contributed by atoms with Crippen LogP contribution in [0.5, 0.6) is 0 Å². The van der Waals surface area contributed by atoms with E-state index < -0.39 is 0 Å². The lowest BCUT2D eigenvalue weighted by Crippen LogP contribution is -2.28. The molecule has 0 amide bonds. The van der Waals surface area contributed by atoms with Gasteiger partial charge in [0.15, 0.2) is 0 Å². The Morgan fingerprint density at radius 1 is 1.11 bits per heavy atom. The van der Waals surface area contributed by atoms with Crippen molar-refractivity contribution >= 4 is 28.2 Å². The van der Waals surface area contributed by atoms with E-state index in [1.807, 2.05) is 18.2 Å². The Morgan fingerprint density at radius 3 is 2.53 bits per heavy atom. The van der Waals surface area contributed by atoms with Gasteiger partial charge < -0.3 is 9.80 Å². The zero-order valence-electron chi connectivity index (χ0n) is 11.7. The number of hydrogen-bond acceptors (Lipinski definition) is 3. The standard InChI is InChI=1S/C15H20ClN3/c1-18(2)8-9-19(3)15-10-12(11-16)17-14-7-5-4-6-13(14)15/h4-7,10H,8-9,11H2,1-3H3. The van der Waals surface area contributed by atoms with Crippen molar-refractivity contribution < 1.29 is 0 Å². The number of anilines is 1. The van der Waals surface area contributed by atoms with Gasteiger partial charge in [0.2, 0.25) is 0 Å². The smallest absolute Gasteiger partial charge is 0.0726 e. The third kappa shape index (κ3) is 3.37. The van der Waals surface area contributed by atoms with Gasteiger partial charge in [-0.25, -0.2) is 0 Å². The van der Waals surface area contributed by atoms with Gasteiger partial charge in [0, 0.05) is 31.2 Å². The van der Waals surface area contributed by atoms with Crippen molar-refractivity contribution in [1.29, 1.82) is 0 Å². The number of rotatable bonds is 5. The number of aromatic nitrogens is 1. The van der Waals surface area contributed by atoms with Gasteiger partial charge in [-0.3, -0.25) is 4.98 Å². The number of nitrogens with zero attached hydrogens (tertiary/aromatic N) is 3. The molecular formula is C15H20ClN3. The molecule has 0 radical (unpaired) electrons. The van der Waals surface area contributed by atoms with Gasteiger partial charge in [-0.2, -0.15) is 0 Å². The minimum absolute atomic E-state index is 0.444. The number of likely N-dealkylation sites (N-methyl/N-ethyl adjacent to an activating group) is 2. The van der Waals surface area contributed by atoms with Crippen LogP contribution in [0, 0.1) is 0 Å². The van der Waals surface area contributed by atoms with Gasteiger partial charge >= 0.3 is 0 Å². The topological polar surface area (TPSA) is 19.4 Å². The summed E-state index contributed by atoms with van der Waals surface area (Å²) in [4.78, 5) is 9.01. The molecule has 1 heterocycles. The van der Waals surface area contributed by atoms with Crippen LogP contribution in [0.4, 0.5) is 5.69 Å². The third-order valence-electron chi connectivity index (χ3n) is 3.18. The molecule has 2 rings (SSSR count). The molecule has 0 spiro atoms. The van der Waals surface area contributed by atoms with Crippen LogP contribution in [0.2, 0.25) is 0 Å². The Labute approximate surface area is 119 Å². The molecule has 0 unspecified atom stereocenters. The maximum absolute atomic E-state index is 5.94. The fraction of sp³-hybridized carbons (Fsp3) is 0.400. The minimum atomic E-state index is 0.444. The molecule has 0 aliphatic rings. The second-order valence-corrected chi connectivity index (χ2v) is 5.28. The minimum Gasteiger partial charge on any atom is -0.373 e. The summed E-state index contributed by atoms with van der Waals surface area (Å²) in [6.07, 6.45) is 0. The van der Waals surface area contributed by atoms with E-state index in [2.05, 4.69) is 48.1 Å². The average molecular weight is 278 g/mol. The molecule has 0 saturated carbocycles. The summed E-state index contributed by atoms with van der Waals surface area (Å²) in [7, 11) is 6.29. The van der Waals surface area contributed by atoms with Crippen molar-refractivity contribution in [2.45, 2.75) is 5.88 Å². The highest BCUT2D eigenvalue weighted by molar-refractivity contribution is 6.17. The van der Waals surface area contributed by atoms with Gasteiger partial charge in [0.05, 0.1) is 17.1 Å². The molecule has 0 N–H and O–H groups in total. The molecule has 0 saturated heterocycles. The van der Waals surface area contributed by atoms with E-state index >= 15 is 0 Å². The van der Waals surface area contributed by atoms with Crippen LogP contribution in [0.3, 0.4) is 0 Å². The molecule has 2 aromatic rings. The normalized spacial score (nSPS) is 11.2. The monoisotopic (exact) mass is 277 g/mol. The van der Waals surface area contributed by atoms with E-state index in [0.717, 1.165) is 24.3 Å². The highest BCUT2D eigenvalue weighted by atomic mass is 35.5. The lowest BCUT2D eigenvalue weighted by molar-refractivity contribution is 0.416. The summed E-state index contributed by atoms with van der Waals surface area (Å²) in [5.74, 6) is 0.444. The van der Waals surface area contributed by atoms with Crippen LogP contribution < -0.4 is 4.90 Å². The molecule has 1 aromatic heterocycles. The lowest BCUT2D eigenvalue weighted by Gasteiger charge is -2.23. The Balaban J connectivity index is 2.39. The fourth-order valence-electron chi connectivity index (χ4n) is 2.07. The van der Waals surface area contributed by atoms with Crippen LogP contribution in [0.15, 0.2) is 30.3 Å². The largest absolute Gasteiger partial charge is 0.373 e. The maximum atomic E-state index is 5.94. The first-order valence-corrected chi connectivity index (χ1v) is 6.95. The van der Waals surface area contributed by atoms with Crippen LogP contribution in [0.1, 0.15) is 5.69 Å². The van der Waals surface area contributed by atoms with Crippen molar-refractivity contribution in [3.8, 4) is 0 Å². The second kappa shape index (κ2) is 6.22. The van der Waals surface area contributed by atoms with E-state index in [9.17, 15) is 0 Å². The van der Waals surface area contributed by atoms with Gasteiger partial charge in [-0.1, -0.05) is 18.2 Å². The zero-order valence-corrected chi connectivity index (χ0v) is 12.5. The van der Waals surface area contributed by atoms with Gasteiger partial charge in [-0.05, 0) is 26.2 Å². The lowest BCUT2D eigenvalue weighted by atomic mass is 10.1. The van der Waals surface area contributed by atoms with E-state index in [0.29, 0.717) is 5.88 Å². The average Bonchev–Trinajstić information content (AvgIpc) is 2.43. The van der Waals surface area contributed by atoms with Crippen molar-refractivity contribution in [2.75, 3.05) is 39.1 Å². The zero-order chi connectivity index (χ0) is 13.8. The van der Waals surface area contributed by atoms with Crippen LogP contribution in [-0.4, -0.2) is 44.1 Å². The molecule has 0 aliphatic carbocycles. The van der Waals surface area contributed by atoms with Crippen LogP contribution >= 0.6 is 11.6 Å². The summed E-state index contributed by atoms with van der Waals surface area (Å²) in [5, 5.41) is 1.18. The van der Waals surface area contributed by atoms with Crippen molar-refractivity contribution in [3.05, 3.63) is 36.0 Å². The molecule has 1 aromatic carbocycles. The SMILES string of the molecule is CN(C)CCN(C)c1cc(CCl)nc2ccccc12. The van der Waals surface area contributed by atoms with Crippen LogP contribution in [0.25, 0.3) is 10.9 Å². The second-order valence-electron chi connectivity index (χ2n) is 5.01. The molecule has 3 nitrogen and oxygen atoms in total. The maximum Gasteiger partial charge on any atom is 0.0726 e. The van der Waals surface area contributed by atoms with E-state index in [4.69, 9.17) is 11.6 Å². The molecule has 0 atom stereocenters. The Kier molecular flexibility index (Phi) is 4.61. The summed E-state index contributed by atoms with van der Waals surface area (Å²) in [5.41, 5.74) is 3.13. The first kappa shape index (κ1) is 14.1. The molecule has 19 heavy (non-hydrogen) atoms. The van der Waals surface area contributed by atoms with Gasteiger partial charge in [0.25, 0.3) is 0 Å². The summed E-state index contributed by atoms with van der Waals surface area (Å²) in [6.45, 7) is 1.99. The number of para-hydroxylation sites is 1.